The third kappa shape index (κ3) is 2.87. The fraction of sp³-hybridized carbons (Fsp3) is 0.500. The van der Waals surface area contributed by atoms with E-state index in [0.717, 1.165) is 60.5 Å². The molecule has 1 aliphatic heterocycles. The van der Waals surface area contributed by atoms with E-state index < -0.39 is 0 Å². The zero-order valence-electron chi connectivity index (χ0n) is 13.9. The molecule has 3 aromatic rings. The average Bonchev–Trinajstić information content (AvgIpc) is 2.99. The van der Waals surface area contributed by atoms with E-state index in [0.29, 0.717) is 19.1 Å². The first-order valence-corrected chi connectivity index (χ1v) is 8.61. The lowest BCUT2D eigenvalue weighted by Crippen LogP contribution is -2.21. The van der Waals surface area contributed by atoms with Gasteiger partial charge >= 0.3 is 0 Å². The molecular weight excluding hydrogens is 304 g/mol. The summed E-state index contributed by atoms with van der Waals surface area (Å²) in [7, 11) is 0. The summed E-state index contributed by atoms with van der Waals surface area (Å²) in [6.07, 6.45) is 5.83. The number of imidazole rings is 1. The fourth-order valence-electron chi connectivity index (χ4n) is 3.36. The van der Waals surface area contributed by atoms with Gasteiger partial charge in [0.1, 0.15) is 23.5 Å². The Balaban J connectivity index is 1.83. The van der Waals surface area contributed by atoms with Gasteiger partial charge in [-0.25, -0.2) is 4.98 Å². The monoisotopic (exact) mass is 326 g/mol. The summed E-state index contributed by atoms with van der Waals surface area (Å²) < 4.78 is 13.4. The van der Waals surface area contributed by atoms with Gasteiger partial charge in [0, 0.05) is 32.6 Å². The van der Waals surface area contributed by atoms with Gasteiger partial charge < -0.3 is 14.0 Å². The predicted molar refractivity (Wildman–Crippen MR) is 91.7 cm³/mol. The van der Waals surface area contributed by atoms with Crippen LogP contribution in [0.25, 0.3) is 22.1 Å². The van der Waals surface area contributed by atoms with Crippen LogP contribution in [0.4, 0.5) is 0 Å². The Hall–Kier alpha value is -2.05. The Kier molecular flexibility index (Phi) is 4.40. The molecule has 0 aromatic carbocycles. The first kappa shape index (κ1) is 15.5. The number of ether oxygens (including phenoxy) is 2. The zero-order valence-corrected chi connectivity index (χ0v) is 13.9. The maximum atomic E-state index is 5.64. The largest absolute Gasteiger partial charge is 0.381 e. The van der Waals surface area contributed by atoms with Crippen molar-refractivity contribution in [3.8, 4) is 0 Å². The standard InChI is InChI=1S/C18H22N4O2/c1-2-23-12-16-21-15-10-20-14-4-3-7-19-17(14)18(15)22(16)11-13-5-8-24-9-6-13/h3-4,7,10,13H,2,5-6,8-9,11-12H2,1H3. The van der Waals surface area contributed by atoms with E-state index in [4.69, 9.17) is 14.5 Å². The van der Waals surface area contributed by atoms with Crippen molar-refractivity contribution in [2.45, 2.75) is 32.9 Å². The Morgan fingerprint density at radius 2 is 2.12 bits per heavy atom. The summed E-state index contributed by atoms with van der Waals surface area (Å²) in [6.45, 7) is 5.82. The van der Waals surface area contributed by atoms with Gasteiger partial charge in [-0.1, -0.05) is 0 Å². The summed E-state index contributed by atoms with van der Waals surface area (Å²) in [5.41, 5.74) is 3.78. The first-order chi connectivity index (χ1) is 11.9. The Morgan fingerprint density at radius 1 is 1.25 bits per heavy atom. The van der Waals surface area contributed by atoms with Crippen LogP contribution in [0.15, 0.2) is 24.5 Å². The molecule has 3 aromatic heterocycles. The van der Waals surface area contributed by atoms with Crippen molar-refractivity contribution in [1.29, 1.82) is 0 Å². The van der Waals surface area contributed by atoms with Crippen LogP contribution in [0, 0.1) is 5.92 Å². The number of rotatable bonds is 5. The Morgan fingerprint density at radius 3 is 2.96 bits per heavy atom. The third-order valence-corrected chi connectivity index (χ3v) is 4.63. The van der Waals surface area contributed by atoms with Gasteiger partial charge in [0.05, 0.1) is 17.2 Å². The Bertz CT molecular complexity index is 840. The molecule has 0 bridgehead atoms. The van der Waals surface area contributed by atoms with Crippen LogP contribution >= 0.6 is 0 Å². The molecular formula is C18H22N4O2. The predicted octanol–water partition coefficient (Wildman–Crippen LogP) is 2.94. The van der Waals surface area contributed by atoms with Gasteiger partial charge in [-0.3, -0.25) is 9.97 Å². The van der Waals surface area contributed by atoms with Gasteiger partial charge in [0.25, 0.3) is 0 Å². The van der Waals surface area contributed by atoms with Crippen molar-refractivity contribution in [2.24, 2.45) is 5.92 Å². The lowest BCUT2D eigenvalue weighted by molar-refractivity contribution is 0.0602. The summed E-state index contributed by atoms with van der Waals surface area (Å²) in [5.74, 6) is 1.56. The van der Waals surface area contributed by atoms with E-state index in [-0.39, 0.29) is 0 Å². The lowest BCUT2D eigenvalue weighted by atomic mass is 10.0. The number of hydrogen-bond donors (Lipinski definition) is 0. The number of hydrogen-bond acceptors (Lipinski definition) is 5. The van der Waals surface area contributed by atoms with Gasteiger partial charge in [0.15, 0.2) is 0 Å². The smallest absolute Gasteiger partial charge is 0.136 e. The van der Waals surface area contributed by atoms with Gasteiger partial charge in [-0.15, -0.1) is 0 Å². The maximum Gasteiger partial charge on any atom is 0.136 e. The lowest BCUT2D eigenvalue weighted by Gasteiger charge is -2.23. The molecule has 6 nitrogen and oxygen atoms in total. The number of pyridine rings is 2. The Labute approximate surface area is 140 Å². The highest BCUT2D eigenvalue weighted by Gasteiger charge is 2.20. The highest BCUT2D eigenvalue weighted by Crippen LogP contribution is 2.26. The van der Waals surface area contributed by atoms with E-state index in [2.05, 4.69) is 14.5 Å². The topological polar surface area (TPSA) is 62.1 Å². The molecule has 126 valence electrons. The minimum Gasteiger partial charge on any atom is -0.381 e. The quantitative estimate of drug-likeness (QED) is 0.721. The van der Waals surface area contributed by atoms with Gasteiger partial charge in [0.2, 0.25) is 0 Å². The molecule has 6 heteroatoms. The van der Waals surface area contributed by atoms with E-state index in [1.807, 2.05) is 31.5 Å². The summed E-state index contributed by atoms with van der Waals surface area (Å²) in [6, 6.07) is 3.91. The molecule has 0 radical (unpaired) electrons. The van der Waals surface area contributed by atoms with Crippen LogP contribution < -0.4 is 0 Å². The summed E-state index contributed by atoms with van der Waals surface area (Å²) in [5, 5.41) is 0. The summed E-state index contributed by atoms with van der Waals surface area (Å²) >= 11 is 0. The van der Waals surface area contributed by atoms with Crippen LogP contribution in [0.2, 0.25) is 0 Å². The van der Waals surface area contributed by atoms with Crippen molar-refractivity contribution < 1.29 is 9.47 Å². The van der Waals surface area contributed by atoms with Crippen LogP contribution in [-0.2, 0) is 22.6 Å². The van der Waals surface area contributed by atoms with E-state index >= 15 is 0 Å². The van der Waals surface area contributed by atoms with Crippen molar-refractivity contribution >= 4 is 22.1 Å². The molecule has 0 atom stereocenters. The molecule has 1 aliphatic rings. The molecule has 0 spiro atoms. The molecule has 4 heterocycles. The normalized spacial score (nSPS) is 16.2. The molecule has 0 saturated carbocycles. The highest BCUT2D eigenvalue weighted by atomic mass is 16.5. The van der Waals surface area contributed by atoms with Crippen molar-refractivity contribution in [1.82, 2.24) is 19.5 Å². The van der Waals surface area contributed by atoms with Crippen molar-refractivity contribution in [3.63, 3.8) is 0 Å². The molecule has 0 amide bonds. The molecule has 0 unspecified atom stereocenters. The minimum atomic E-state index is 0.517. The van der Waals surface area contributed by atoms with E-state index in [1.54, 1.807) is 0 Å². The molecule has 24 heavy (non-hydrogen) atoms. The number of fused-ring (bicyclic) bond motifs is 3. The number of nitrogens with zero attached hydrogens (tertiary/aromatic N) is 4. The second-order valence-electron chi connectivity index (χ2n) is 6.19. The van der Waals surface area contributed by atoms with Crippen molar-refractivity contribution in [3.05, 3.63) is 30.4 Å². The van der Waals surface area contributed by atoms with E-state index in [1.165, 1.54) is 0 Å². The molecule has 1 saturated heterocycles. The zero-order chi connectivity index (χ0) is 16.4. The van der Waals surface area contributed by atoms with Gasteiger partial charge in [-0.05, 0) is 37.8 Å². The fourth-order valence-corrected chi connectivity index (χ4v) is 3.36. The van der Waals surface area contributed by atoms with Gasteiger partial charge in [-0.2, -0.15) is 0 Å². The second-order valence-corrected chi connectivity index (χ2v) is 6.19. The second kappa shape index (κ2) is 6.83. The highest BCUT2D eigenvalue weighted by molar-refractivity contribution is 5.99. The van der Waals surface area contributed by atoms with E-state index in [9.17, 15) is 0 Å². The van der Waals surface area contributed by atoms with Crippen LogP contribution in [0.3, 0.4) is 0 Å². The molecule has 4 rings (SSSR count). The minimum absolute atomic E-state index is 0.517. The number of aromatic nitrogens is 4. The average molecular weight is 326 g/mol. The van der Waals surface area contributed by atoms with Crippen LogP contribution in [0.5, 0.6) is 0 Å². The van der Waals surface area contributed by atoms with Crippen molar-refractivity contribution in [2.75, 3.05) is 19.8 Å². The molecule has 0 aliphatic carbocycles. The molecule has 0 N–H and O–H groups in total. The maximum absolute atomic E-state index is 5.64. The summed E-state index contributed by atoms with van der Waals surface area (Å²) in [4.78, 5) is 13.8. The molecule has 1 fully saturated rings. The first-order valence-electron chi connectivity index (χ1n) is 8.61. The SMILES string of the molecule is CCOCc1nc2cnc3cccnc3c2n1CC1CCOCC1. The third-order valence-electron chi connectivity index (χ3n) is 4.63. The van der Waals surface area contributed by atoms with Crippen LogP contribution in [0.1, 0.15) is 25.6 Å². The van der Waals surface area contributed by atoms with Crippen LogP contribution in [-0.4, -0.2) is 39.3 Å².